The van der Waals surface area contributed by atoms with Gasteiger partial charge in [0.05, 0.1) is 10.5 Å². The van der Waals surface area contributed by atoms with Crippen LogP contribution in [-0.2, 0) is 19.4 Å². The Morgan fingerprint density at radius 2 is 1.81 bits per heavy atom. The van der Waals surface area contributed by atoms with Crippen LogP contribution in [0.15, 0.2) is 29.2 Å². The maximum absolute atomic E-state index is 12.5. The van der Waals surface area contributed by atoms with E-state index in [2.05, 4.69) is 19.2 Å². The Labute approximate surface area is 157 Å². The largest absolute Gasteiger partial charge is 0.452 e. The maximum atomic E-state index is 12.5. The van der Waals surface area contributed by atoms with Crippen molar-refractivity contribution in [2.24, 2.45) is 11.8 Å². The number of carbonyl (C=O) groups excluding carboxylic acids is 2. The molecule has 0 unspecified atom stereocenters. The van der Waals surface area contributed by atoms with Gasteiger partial charge in [0.2, 0.25) is 9.84 Å². The molecule has 6 nitrogen and oxygen atoms in total. The minimum atomic E-state index is -4.72. The second kappa shape index (κ2) is 8.77. The summed E-state index contributed by atoms with van der Waals surface area (Å²) in [4.78, 5) is 23.4. The number of carbonyl (C=O) groups is 2. The molecule has 0 aliphatic heterocycles. The number of nitrogens with one attached hydrogen (secondary N) is 1. The molecule has 1 aromatic carbocycles. The van der Waals surface area contributed by atoms with Crippen LogP contribution in [0.5, 0.6) is 0 Å². The van der Waals surface area contributed by atoms with Crippen LogP contribution in [-0.4, -0.2) is 38.7 Å². The van der Waals surface area contributed by atoms with Gasteiger partial charge in [0.15, 0.2) is 6.61 Å². The summed E-state index contributed by atoms with van der Waals surface area (Å²) in [5.74, 6) is -3.94. The quantitative estimate of drug-likeness (QED) is 0.738. The van der Waals surface area contributed by atoms with Gasteiger partial charge in [-0.25, -0.2) is 13.2 Å². The highest BCUT2D eigenvalue weighted by Crippen LogP contribution is 2.29. The molecule has 1 aliphatic carbocycles. The van der Waals surface area contributed by atoms with Crippen molar-refractivity contribution in [3.05, 3.63) is 29.8 Å². The molecular formula is C18H23F2NO5S. The summed E-state index contributed by atoms with van der Waals surface area (Å²) in [5, 5.41) is 2.87. The van der Waals surface area contributed by atoms with E-state index in [4.69, 9.17) is 4.74 Å². The molecule has 0 bridgehead atoms. The molecule has 27 heavy (non-hydrogen) atoms. The van der Waals surface area contributed by atoms with Gasteiger partial charge in [0, 0.05) is 6.04 Å². The Kier molecular flexibility index (Phi) is 6.91. The molecule has 9 heteroatoms. The number of amides is 1. The SMILES string of the molecule is C[C@@H]1[C@@H](C)CCC[C@H]1NC(=O)COC(=O)c1ccc(S(=O)(=O)C(F)F)cc1. The molecular weight excluding hydrogens is 380 g/mol. The number of ether oxygens (including phenoxy) is 1. The van der Waals surface area contributed by atoms with Gasteiger partial charge in [0.1, 0.15) is 0 Å². The molecule has 0 radical (unpaired) electrons. The molecule has 0 heterocycles. The van der Waals surface area contributed by atoms with Gasteiger partial charge in [-0.3, -0.25) is 4.79 Å². The summed E-state index contributed by atoms with van der Waals surface area (Å²) in [6.45, 7) is 3.75. The molecule has 1 aromatic rings. The van der Waals surface area contributed by atoms with Crippen molar-refractivity contribution >= 4 is 21.7 Å². The average molecular weight is 403 g/mol. The second-order valence-electron chi connectivity index (χ2n) is 6.85. The zero-order valence-electron chi connectivity index (χ0n) is 15.2. The summed E-state index contributed by atoms with van der Waals surface area (Å²) in [6.07, 6.45) is 3.04. The Hall–Kier alpha value is -2.03. The Morgan fingerprint density at radius 3 is 2.41 bits per heavy atom. The summed E-state index contributed by atoms with van der Waals surface area (Å²) in [7, 11) is -4.72. The molecule has 2 rings (SSSR count). The fourth-order valence-electron chi connectivity index (χ4n) is 3.13. The number of esters is 1. The van der Waals surface area contributed by atoms with E-state index in [1.54, 1.807) is 0 Å². The highest BCUT2D eigenvalue weighted by Gasteiger charge is 2.29. The van der Waals surface area contributed by atoms with Gasteiger partial charge >= 0.3 is 11.7 Å². The van der Waals surface area contributed by atoms with Crippen molar-refractivity contribution in [2.45, 2.75) is 49.8 Å². The zero-order chi connectivity index (χ0) is 20.2. The van der Waals surface area contributed by atoms with Crippen molar-refractivity contribution in [3.63, 3.8) is 0 Å². The average Bonchev–Trinajstić information content (AvgIpc) is 2.63. The predicted molar refractivity (Wildman–Crippen MR) is 94.0 cm³/mol. The van der Waals surface area contributed by atoms with Crippen LogP contribution in [0.1, 0.15) is 43.5 Å². The number of benzene rings is 1. The van der Waals surface area contributed by atoms with Crippen LogP contribution in [0.2, 0.25) is 0 Å². The van der Waals surface area contributed by atoms with E-state index in [9.17, 15) is 26.8 Å². The van der Waals surface area contributed by atoms with Crippen LogP contribution in [0, 0.1) is 11.8 Å². The van der Waals surface area contributed by atoms with E-state index in [0.29, 0.717) is 11.8 Å². The monoisotopic (exact) mass is 403 g/mol. The third-order valence-electron chi connectivity index (χ3n) is 5.04. The summed E-state index contributed by atoms with van der Waals surface area (Å²) in [5.41, 5.74) is -0.0318. The zero-order valence-corrected chi connectivity index (χ0v) is 16.0. The highest BCUT2D eigenvalue weighted by atomic mass is 32.2. The van der Waals surface area contributed by atoms with Crippen molar-refractivity contribution < 1.29 is 31.5 Å². The van der Waals surface area contributed by atoms with Crippen LogP contribution < -0.4 is 5.32 Å². The van der Waals surface area contributed by atoms with Gasteiger partial charge in [-0.15, -0.1) is 0 Å². The topological polar surface area (TPSA) is 89.5 Å². The lowest BCUT2D eigenvalue weighted by Gasteiger charge is -2.34. The Balaban J connectivity index is 1.89. The van der Waals surface area contributed by atoms with Crippen LogP contribution in [0.3, 0.4) is 0 Å². The number of rotatable bonds is 6. The fraction of sp³-hybridized carbons (Fsp3) is 0.556. The van der Waals surface area contributed by atoms with E-state index < -0.39 is 39.0 Å². The normalized spacial score (nSPS) is 23.1. The first-order chi connectivity index (χ1) is 12.6. The Bertz CT molecular complexity index is 779. The maximum Gasteiger partial charge on any atom is 0.341 e. The van der Waals surface area contributed by atoms with Crippen molar-refractivity contribution in [3.8, 4) is 0 Å². The smallest absolute Gasteiger partial charge is 0.341 e. The minimum absolute atomic E-state index is 0.0318. The van der Waals surface area contributed by atoms with Gasteiger partial charge in [-0.2, -0.15) is 8.78 Å². The first-order valence-electron chi connectivity index (χ1n) is 8.71. The molecule has 1 fully saturated rings. The van der Waals surface area contributed by atoms with Crippen LogP contribution in [0.25, 0.3) is 0 Å². The first-order valence-corrected chi connectivity index (χ1v) is 10.3. The van der Waals surface area contributed by atoms with Crippen molar-refractivity contribution in [1.82, 2.24) is 5.32 Å². The van der Waals surface area contributed by atoms with Gasteiger partial charge in [-0.05, 0) is 42.5 Å². The lowest BCUT2D eigenvalue weighted by molar-refractivity contribution is -0.125. The lowest BCUT2D eigenvalue weighted by Crippen LogP contribution is -2.45. The molecule has 1 amide bonds. The molecule has 1 saturated carbocycles. The summed E-state index contributed by atoms with van der Waals surface area (Å²) in [6, 6.07) is 3.99. The number of hydrogen-bond acceptors (Lipinski definition) is 5. The molecule has 0 aromatic heterocycles. The Morgan fingerprint density at radius 1 is 1.19 bits per heavy atom. The highest BCUT2D eigenvalue weighted by molar-refractivity contribution is 7.91. The van der Waals surface area contributed by atoms with E-state index in [0.717, 1.165) is 43.5 Å². The minimum Gasteiger partial charge on any atom is -0.452 e. The van der Waals surface area contributed by atoms with E-state index in [1.807, 2.05) is 0 Å². The molecule has 0 saturated heterocycles. The lowest BCUT2D eigenvalue weighted by atomic mass is 9.78. The van der Waals surface area contributed by atoms with E-state index in [-0.39, 0.29) is 11.6 Å². The van der Waals surface area contributed by atoms with Crippen LogP contribution in [0.4, 0.5) is 8.78 Å². The van der Waals surface area contributed by atoms with E-state index in [1.165, 1.54) is 0 Å². The number of hydrogen-bond donors (Lipinski definition) is 1. The van der Waals surface area contributed by atoms with Crippen molar-refractivity contribution in [2.75, 3.05) is 6.61 Å². The van der Waals surface area contributed by atoms with E-state index >= 15 is 0 Å². The third-order valence-corrected chi connectivity index (χ3v) is 6.44. The standard InChI is InChI=1S/C18H23F2NO5S/c1-11-4-3-5-15(12(11)2)21-16(22)10-26-17(23)13-6-8-14(9-7-13)27(24,25)18(19)20/h6-9,11-12,15,18H,3-5,10H2,1-2H3,(H,21,22)/t11-,12+,15+/m0/s1. The number of sulfone groups is 1. The summed E-state index contributed by atoms with van der Waals surface area (Å²) < 4.78 is 52.6. The molecule has 0 spiro atoms. The van der Waals surface area contributed by atoms with Gasteiger partial charge in [0.25, 0.3) is 5.91 Å². The van der Waals surface area contributed by atoms with Crippen LogP contribution >= 0.6 is 0 Å². The fourth-order valence-corrected chi connectivity index (χ4v) is 3.85. The molecule has 1 aliphatic rings. The van der Waals surface area contributed by atoms with Gasteiger partial charge < -0.3 is 10.1 Å². The predicted octanol–water partition coefficient (Wildman–Crippen LogP) is 2.78. The number of alkyl halides is 2. The molecule has 150 valence electrons. The van der Waals surface area contributed by atoms with Gasteiger partial charge in [-0.1, -0.05) is 26.7 Å². The molecule has 3 atom stereocenters. The number of halogens is 2. The molecule has 1 N–H and O–H groups in total. The third kappa shape index (κ3) is 5.24. The second-order valence-corrected chi connectivity index (χ2v) is 8.77. The summed E-state index contributed by atoms with van der Waals surface area (Å²) >= 11 is 0. The first kappa shape index (κ1) is 21.3. The van der Waals surface area contributed by atoms with Crippen molar-refractivity contribution in [1.29, 1.82) is 0 Å².